The fourth-order valence-corrected chi connectivity index (χ4v) is 4.21. The number of rotatable bonds is 5. The Balaban J connectivity index is 1.75. The van der Waals surface area contributed by atoms with Crippen molar-refractivity contribution in [3.05, 3.63) is 45.4 Å². The van der Waals surface area contributed by atoms with Crippen LogP contribution in [0.2, 0.25) is 5.02 Å². The number of nitrogens with zero attached hydrogens (tertiary/aromatic N) is 1. The van der Waals surface area contributed by atoms with Gasteiger partial charge < -0.3 is 10.5 Å². The molecule has 0 unspecified atom stereocenters. The normalized spacial score (nSPS) is 15.6. The molecule has 9 heteroatoms. The Kier molecular flexibility index (Phi) is 6.00. The smallest absolute Gasteiger partial charge is 0.351 e. The Morgan fingerprint density at radius 3 is 2.61 bits per heavy atom. The van der Waals surface area contributed by atoms with Gasteiger partial charge in [-0.25, -0.2) is 9.78 Å². The van der Waals surface area contributed by atoms with Crippen molar-refractivity contribution in [1.82, 2.24) is 4.98 Å². The maximum atomic E-state index is 12.7. The summed E-state index contributed by atoms with van der Waals surface area (Å²) in [5.41, 5.74) is 5.03. The molecule has 1 saturated carbocycles. The molecule has 0 spiro atoms. The minimum absolute atomic E-state index is 0.229. The van der Waals surface area contributed by atoms with Crippen molar-refractivity contribution in [2.24, 2.45) is 5.73 Å². The number of thiazole rings is 1. The summed E-state index contributed by atoms with van der Waals surface area (Å²) in [5.74, 6) is -1.67. The van der Waals surface area contributed by atoms with E-state index >= 15 is 0 Å². The number of anilines is 1. The number of carbonyl (C=O) groups is 3. The third kappa shape index (κ3) is 4.34. The molecule has 1 fully saturated rings. The molecule has 1 aromatic carbocycles. The number of esters is 1. The van der Waals surface area contributed by atoms with E-state index in [9.17, 15) is 14.4 Å². The molecule has 148 valence electrons. The first-order valence-corrected chi connectivity index (χ1v) is 10.1. The monoisotopic (exact) mass is 421 g/mol. The number of aromatic nitrogens is 1. The predicted molar refractivity (Wildman–Crippen MR) is 107 cm³/mol. The second-order valence-electron chi connectivity index (χ2n) is 6.71. The van der Waals surface area contributed by atoms with Gasteiger partial charge in [-0.05, 0) is 50.8 Å². The van der Waals surface area contributed by atoms with Crippen LogP contribution in [0, 0.1) is 6.92 Å². The molecule has 3 rings (SSSR count). The number of benzene rings is 1. The highest BCUT2D eigenvalue weighted by atomic mass is 35.5. The van der Waals surface area contributed by atoms with Crippen molar-refractivity contribution < 1.29 is 19.1 Å². The summed E-state index contributed by atoms with van der Waals surface area (Å²) < 4.78 is 5.55. The maximum Gasteiger partial charge on any atom is 0.351 e. The summed E-state index contributed by atoms with van der Waals surface area (Å²) in [6, 6.07) is 6.49. The van der Waals surface area contributed by atoms with Gasteiger partial charge in [0.2, 0.25) is 0 Å². The van der Waals surface area contributed by atoms with Gasteiger partial charge in [0.15, 0.2) is 10.7 Å². The number of amides is 2. The van der Waals surface area contributed by atoms with Gasteiger partial charge in [-0.3, -0.25) is 14.9 Å². The topological polar surface area (TPSA) is 111 Å². The summed E-state index contributed by atoms with van der Waals surface area (Å²) in [6.07, 6.45) is 3.37. The number of ether oxygens (including phenoxy) is 1. The standard InChI is InChI=1S/C19H20ClN3O4S/c1-11-14(16(25)27-19(17(21)26)8-3-2-4-9-19)28-18(22-11)23-15(24)12-6-5-7-13(20)10-12/h5-7,10H,2-4,8-9H2,1H3,(H2,21,26)(H,22,23,24). The zero-order valence-electron chi connectivity index (χ0n) is 15.3. The van der Waals surface area contributed by atoms with Gasteiger partial charge in [0.25, 0.3) is 11.8 Å². The molecule has 0 saturated heterocycles. The van der Waals surface area contributed by atoms with Gasteiger partial charge >= 0.3 is 5.97 Å². The van der Waals surface area contributed by atoms with Crippen LogP contribution >= 0.6 is 22.9 Å². The number of carbonyl (C=O) groups excluding carboxylic acids is 3. The number of hydrogen-bond donors (Lipinski definition) is 2. The summed E-state index contributed by atoms with van der Waals surface area (Å²) >= 11 is 6.89. The number of halogens is 1. The summed E-state index contributed by atoms with van der Waals surface area (Å²) in [5, 5.41) is 3.34. The van der Waals surface area contributed by atoms with Crippen LogP contribution in [0.5, 0.6) is 0 Å². The molecule has 0 bridgehead atoms. The first-order valence-electron chi connectivity index (χ1n) is 8.88. The van der Waals surface area contributed by atoms with Crippen LogP contribution in [0.3, 0.4) is 0 Å². The lowest BCUT2D eigenvalue weighted by Crippen LogP contribution is -2.49. The zero-order valence-corrected chi connectivity index (χ0v) is 16.9. The molecule has 1 aliphatic carbocycles. The highest BCUT2D eigenvalue weighted by Crippen LogP contribution is 2.34. The second kappa shape index (κ2) is 8.28. The van der Waals surface area contributed by atoms with Gasteiger partial charge in [0.05, 0.1) is 5.69 Å². The Labute approximate surface area is 171 Å². The van der Waals surface area contributed by atoms with Crippen LogP contribution in [0.25, 0.3) is 0 Å². The molecule has 2 aromatic rings. The highest BCUT2D eigenvalue weighted by Gasteiger charge is 2.42. The lowest BCUT2D eigenvalue weighted by Gasteiger charge is -2.33. The van der Waals surface area contributed by atoms with E-state index in [1.807, 2.05) is 0 Å². The van der Waals surface area contributed by atoms with E-state index in [0.717, 1.165) is 30.6 Å². The van der Waals surface area contributed by atoms with E-state index < -0.39 is 23.4 Å². The lowest BCUT2D eigenvalue weighted by molar-refractivity contribution is -0.140. The van der Waals surface area contributed by atoms with E-state index in [-0.39, 0.29) is 10.0 Å². The van der Waals surface area contributed by atoms with Gasteiger partial charge in [0, 0.05) is 10.6 Å². The van der Waals surface area contributed by atoms with Gasteiger partial charge in [-0.2, -0.15) is 0 Å². The largest absolute Gasteiger partial charge is 0.445 e. The molecule has 3 N–H and O–H groups in total. The van der Waals surface area contributed by atoms with Crippen LogP contribution in [0.15, 0.2) is 24.3 Å². The van der Waals surface area contributed by atoms with Crippen LogP contribution in [0.1, 0.15) is 57.8 Å². The molecule has 1 heterocycles. The first kappa shape index (κ1) is 20.3. The predicted octanol–water partition coefficient (Wildman–Crippen LogP) is 3.70. The molecule has 7 nitrogen and oxygen atoms in total. The van der Waals surface area contributed by atoms with E-state index in [1.165, 1.54) is 6.07 Å². The van der Waals surface area contributed by atoms with E-state index in [0.29, 0.717) is 29.1 Å². The minimum Gasteiger partial charge on any atom is -0.445 e. The number of aryl methyl sites for hydroxylation is 1. The van der Waals surface area contributed by atoms with E-state index in [4.69, 9.17) is 22.1 Å². The number of hydrogen-bond acceptors (Lipinski definition) is 6. The first-order chi connectivity index (χ1) is 13.3. The second-order valence-corrected chi connectivity index (χ2v) is 8.14. The Morgan fingerprint density at radius 2 is 1.96 bits per heavy atom. The molecule has 0 radical (unpaired) electrons. The number of nitrogens with one attached hydrogen (secondary N) is 1. The summed E-state index contributed by atoms with van der Waals surface area (Å²) in [6.45, 7) is 1.64. The zero-order chi connectivity index (χ0) is 20.3. The third-order valence-electron chi connectivity index (χ3n) is 4.69. The SMILES string of the molecule is Cc1nc(NC(=O)c2cccc(Cl)c2)sc1C(=O)OC1(C(N)=O)CCCCC1. The van der Waals surface area contributed by atoms with Crippen molar-refractivity contribution in [2.45, 2.75) is 44.6 Å². The van der Waals surface area contributed by atoms with Crippen molar-refractivity contribution in [1.29, 1.82) is 0 Å². The molecule has 0 atom stereocenters. The quantitative estimate of drug-likeness (QED) is 0.715. The van der Waals surface area contributed by atoms with E-state index in [2.05, 4.69) is 10.3 Å². The number of nitrogens with two attached hydrogens (primary N) is 1. The fourth-order valence-electron chi connectivity index (χ4n) is 3.18. The van der Waals surface area contributed by atoms with Crippen molar-refractivity contribution in [2.75, 3.05) is 5.32 Å². The van der Waals surface area contributed by atoms with Crippen LogP contribution in [-0.4, -0.2) is 28.4 Å². The van der Waals surface area contributed by atoms with E-state index in [1.54, 1.807) is 25.1 Å². The van der Waals surface area contributed by atoms with Crippen molar-refractivity contribution >= 4 is 45.9 Å². The minimum atomic E-state index is -1.27. The van der Waals surface area contributed by atoms with Crippen molar-refractivity contribution in [3.63, 3.8) is 0 Å². The molecule has 1 aliphatic rings. The molecule has 28 heavy (non-hydrogen) atoms. The summed E-state index contributed by atoms with van der Waals surface area (Å²) in [4.78, 5) is 41.4. The molecular weight excluding hydrogens is 402 g/mol. The third-order valence-corrected chi connectivity index (χ3v) is 5.98. The molecule has 2 amide bonds. The van der Waals surface area contributed by atoms with Gasteiger partial charge in [-0.1, -0.05) is 35.4 Å². The fraction of sp³-hybridized carbons (Fsp3) is 0.368. The Morgan fingerprint density at radius 1 is 1.25 bits per heavy atom. The maximum absolute atomic E-state index is 12.7. The number of primary amides is 1. The highest BCUT2D eigenvalue weighted by molar-refractivity contribution is 7.17. The Bertz CT molecular complexity index is 922. The van der Waals surface area contributed by atoms with Crippen LogP contribution in [0.4, 0.5) is 5.13 Å². The van der Waals surface area contributed by atoms with Crippen LogP contribution < -0.4 is 11.1 Å². The van der Waals surface area contributed by atoms with Gasteiger partial charge in [0.1, 0.15) is 4.88 Å². The van der Waals surface area contributed by atoms with Gasteiger partial charge in [-0.15, -0.1) is 0 Å². The Hall–Kier alpha value is -2.45. The summed E-state index contributed by atoms with van der Waals surface area (Å²) in [7, 11) is 0. The average Bonchev–Trinajstić information content (AvgIpc) is 3.02. The molecular formula is C19H20ClN3O4S. The lowest BCUT2D eigenvalue weighted by atomic mass is 9.84. The van der Waals surface area contributed by atoms with Crippen LogP contribution in [-0.2, 0) is 9.53 Å². The molecule has 1 aromatic heterocycles. The molecule has 0 aliphatic heterocycles. The van der Waals surface area contributed by atoms with Crippen molar-refractivity contribution in [3.8, 4) is 0 Å². The average molecular weight is 422 g/mol.